The number of piperidine rings is 1. The number of ether oxygens (including phenoxy) is 1. The Kier molecular flexibility index (Phi) is 9.70. The van der Waals surface area contributed by atoms with E-state index in [2.05, 4.69) is 20.3 Å². The smallest absolute Gasteiger partial charge is 0.387 e. The maximum Gasteiger partial charge on any atom is 0.387 e. The van der Waals surface area contributed by atoms with Gasteiger partial charge in [-0.05, 0) is 50.6 Å². The number of halogens is 3. The SMILES string of the molecule is CNC1CCCN(CC(=O)NCCc2ccc(OC(F)F)cc2)C1.Cl. The van der Waals surface area contributed by atoms with E-state index in [0.717, 1.165) is 31.5 Å². The molecule has 142 valence electrons. The second-order valence-electron chi connectivity index (χ2n) is 5.99. The average molecular weight is 378 g/mol. The van der Waals surface area contributed by atoms with Crippen molar-refractivity contribution < 1.29 is 18.3 Å². The van der Waals surface area contributed by atoms with E-state index in [-0.39, 0.29) is 24.1 Å². The van der Waals surface area contributed by atoms with Gasteiger partial charge >= 0.3 is 6.61 Å². The van der Waals surface area contributed by atoms with Crippen molar-refractivity contribution >= 4 is 18.3 Å². The lowest BCUT2D eigenvalue weighted by Crippen LogP contribution is -2.48. The topological polar surface area (TPSA) is 53.6 Å². The van der Waals surface area contributed by atoms with Crippen molar-refractivity contribution in [1.29, 1.82) is 0 Å². The number of carbonyl (C=O) groups excluding carboxylic acids is 1. The molecule has 8 heteroatoms. The Morgan fingerprint density at radius 3 is 2.72 bits per heavy atom. The van der Waals surface area contributed by atoms with Crippen LogP contribution in [0.2, 0.25) is 0 Å². The van der Waals surface area contributed by atoms with E-state index in [9.17, 15) is 13.6 Å². The van der Waals surface area contributed by atoms with Gasteiger partial charge in [-0.15, -0.1) is 12.4 Å². The first kappa shape index (κ1) is 21.6. The molecule has 1 saturated heterocycles. The summed E-state index contributed by atoms with van der Waals surface area (Å²) in [7, 11) is 1.95. The monoisotopic (exact) mass is 377 g/mol. The van der Waals surface area contributed by atoms with E-state index in [1.807, 2.05) is 7.05 Å². The fourth-order valence-electron chi connectivity index (χ4n) is 2.88. The molecule has 1 heterocycles. The van der Waals surface area contributed by atoms with E-state index in [0.29, 0.717) is 25.6 Å². The minimum atomic E-state index is -2.81. The fourth-order valence-corrected chi connectivity index (χ4v) is 2.88. The highest BCUT2D eigenvalue weighted by atomic mass is 35.5. The molecule has 0 spiro atoms. The van der Waals surface area contributed by atoms with Crippen LogP contribution in [0.5, 0.6) is 5.75 Å². The lowest BCUT2D eigenvalue weighted by Gasteiger charge is -2.31. The number of benzene rings is 1. The van der Waals surface area contributed by atoms with Crippen LogP contribution in [0.25, 0.3) is 0 Å². The van der Waals surface area contributed by atoms with Crippen LogP contribution in [0.15, 0.2) is 24.3 Å². The van der Waals surface area contributed by atoms with Crippen LogP contribution < -0.4 is 15.4 Å². The van der Waals surface area contributed by atoms with Gasteiger partial charge in [-0.2, -0.15) is 8.78 Å². The summed E-state index contributed by atoms with van der Waals surface area (Å²) in [6.45, 7) is -0.0177. The third-order valence-electron chi connectivity index (χ3n) is 4.17. The normalized spacial score (nSPS) is 17.8. The highest BCUT2D eigenvalue weighted by molar-refractivity contribution is 5.85. The van der Waals surface area contributed by atoms with Gasteiger partial charge in [0.1, 0.15) is 5.75 Å². The molecule has 1 fully saturated rings. The fraction of sp³-hybridized carbons (Fsp3) is 0.588. The molecule has 1 atom stereocenters. The summed E-state index contributed by atoms with van der Waals surface area (Å²) in [5, 5.41) is 6.16. The Hall–Kier alpha value is -1.44. The molecule has 5 nitrogen and oxygen atoms in total. The first-order valence-electron chi connectivity index (χ1n) is 8.27. The summed E-state index contributed by atoms with van der Waals surface area (Å²) >= 11 is 0. The molecule has 1 aliphatic heterocycles. The van der Waals surface area contributed by atoms with E-state index < -0.39 is 6.61 Å². The van der Waals surface area contributed by atoms with Crippen molar-refractivity contribution in [2.45, 2.75) is 31.9 Å². The van der Waals surface area contributed by atoms with Crippen LogP contribution in [0.3, 0.4) is 0 Å². The molecule has 0 bridgehead atoms. The van der Waals surface area contributed by atoms with Gasteiger partial charge in [-0.3, -0.25) is 9.69 Å². The van der Waals surface area contributed by atoms with Crippen molar-refractivity contribution in [2.24, 2.45) is 0 Å². The highest BCUT2D eigenvalue weighted by Crippen LogP contribution is 2.15. The standard InChI is InChI=1S/C17H25F2N3O2.ClH/c1-20-14-3-2-10-22(11-14)12-16(23)21-9-8-13-4-6-15(7-5-13)24-17(18)19;/h4-7,14,17,20H,2-3,8-12H2,1H3,(H,21,23);1H. The van der Waals surface area contributed by atoms with Crippen molar-refractivity contribution in [3.8, 4) is 5.75 Å². The molecule has 2 rings (SSSR count). The van der Waals surface area contributed by atoms with Gasteiger partial charge in [-0.1, -0.05) is 12.1 Å². The largest absolute Gasteiger partial charge is 0.435 e. The molecule has 0 aromatic heterocycles. The number of rotatable bonds is 8. The van der Waals surface area contributed by atoms with E-state index in [1.165, 1.54) is 12.1 Å². The zero-order valence-corrected chi connectivity index (χ0v) is 15.2. The molecule has 1 aliphatic rings. The maximum absolute atomic E-state index is 12.1. The van der Waals surface area contributed by atoms with Gasteiger partial charge in [0, 0.05) is 19.1 Å². The minimum Gasteiger partial charge on any atom is -0.435 e. The number of likely N-dealkylation sites (N-methyl/N-ethyl adjacent to an activating group) is 1. The number of nitrogens with one attached hydrogen (secondary N) is 2. The quantitative estimate of drug-likeness (QED) is 0.728. The molecule has 0 radical (unpaired) electrons. The van der Waals surface area contributed by atoms with E-state index >= 15 is 0 Å². The van der Waals surface area contributed by atoms with Crippen molar-refractivity contribution in [3.63, 3.8) is 0 Å². The Labute approximate surface area is 153 Å². The zero-order valence-electron chi connectivity index (χ0n) is 14.3. The predicted octanol–water partition coefficient (Wildman–Crippen LogP) is 2.05. The van der Waals surface area contributed by atoms with Crippen LogP contribution in [0.4, 0.5) is 8.78 Å². The van der Waals surface area contributed by atoms with Gasteiger partial charge in [0.15, 0.2) is 0 Å². The summed E-state index contributed by atoms with van der Waals surface area (Å²) in [4.78, 5) is 14.2. The molecular weight excluding hydrogens is 352 g/mol. The van der Waals surface area contributed by atoms with Gasteiger partial charge in [0.2, 0.25) is 5.91 Å². The van der Waals surface area contributed by atoms with Crippen LogP contribution in [-0.2, 0) is 11.2 Å². The third kappa shape index (κ3) is 7.98. The molecule has 1 aromatic carbocycles. The number of carbonyl (C=O) groups is 1. The third-order valence-corrected chi connectivity index (χ3v) is 4.17. The Balaban J connectivity index is 0.00000312. The Bertz CT molecular complexity index is 517. The summed E-state index contributed by atoms with van der Waals surface area (Å²) in [6, 6.07) is 6.93. The van der Waals surface area contributed by atoms with Crippen LogP contribution in [0.1, 0.15) is 18.4 Å². The molecule has 0 saturated carbocycles. The number of alkyl halides is 2. The number of nitrogens with zero attached hydrogens (tertiary/aromatic N) is 1. The molecular formula is C17H26ClF2N3O2. The van der Waals surface area contributed by atoms with Crippen molar-refractivity contribution in [1.82, 2.24) is 15.5 Å². The first-order valence-corrected chi connectivity index (χ1v) is 8.27. The molecule has 0 aliphatic carbocycles. The van der Waals surface area contributed by atoms with E-state index in [4.69, 9.17) is 0 Å². The highest BCUT2D eigenvalue weighted by Gasteiger charge is 2.19. The number of amides is 1. The number of hydrogen-bond donors (Lipinski definition) is 2. The van der Waals surface area contributed by atoms with Crippen LogP contribution >= 0.6 is 12.4 Å². The van der Waals surface area contributed by atoms with Crippen molar-refractivity contribution in [3.05, 3.63) is 29.8 Å². The van der Waals surface area contributed by atoms with Gasteiger partial charge < -0.3 is 15.4 Å². The van der Waals surface area contributed by atoms with Crippen molar-refractivity contribution in [2.75, 3.05) is 33.2 Å². The lowest BCUT2D eigenvalue weighted by atomic mass is 10.1. The second-order valence-corrected chi connectivity index (χ2v) is 5.99. The number of likely N-dealkylation sites (tertiary alicyclic amines) is 1. The molecule has 25 heavy (non-hydrogen) atoms. The van der Waals surface area contributed by atoms with Gasteiger partial charge in [0.05, 0.1) is 6.54 Å². The average Bonchev–Trinajstić information content (AvgIpc) is 2.56. The first-order chi connectivity index (χ1) is 11.6. The summed E-state index contributed by atoms with van der Waals surface area (Å²) in [5.41, 5.74) is 0.963. The van der Waals surface area contributed by atoms with Crippen LogP contribution in [0, 0.1) is 0 Å². The molecule has 1 unspecified atom stereocenters. The van der Waals surface area contributed by atoms with Gasteiger partial charge in [-0.25, -0.2) is 0 Å². The molecule has 2 N–H and O–H groups in total. The number of hydrogen-bond acceptors (Lipinski definition) is 4. The maximum atomic E-state index is 12.1. The zero-order chi connectivity index (χ0) is 17.4. The predicted molar refractivity (Wildman–Crippen MR) is 95.6 cm³/mol. The minimum absolute atomic E-state index is 0. The van der Waals surface area contributed by atoms with E-state index in [1.54, 1.807) is 12.1 Å². The Morgan fingerprint density at radius 1 is 1.36 bits per heavy atom. The summed E-state index contributed by atoms with van der Waals surface area (Å²) in [5.74, 6) is 0.159. The second kappa shape index (κ2) is 11.2. The summed E-state index contributed by atoms with van der Waals surface area (Å²) in [6.07, 6.45) is 2.91. The van der Waals surface area contributed by atoms with Gasteiger partial charge in [0.25, 0.3) is 0 Å². The molecule has 1 amide bonds. The summed E-state index contributed by atoms with van der Waals surface area (Å²) < 4.78 is 28.4. The lowest BCUT2D eigenvalue weighted by molar-refractivity contribution is -0.122. The Morgan fingerprint density at radius 2 is 2.08 bits per heavy atom. The molecule has 1 aromatic rings. The van der Waals surface area contributed by atoms with Crippen LogP contribution in [-0.4, -0.2) is 56.7 Å².